The maximum absolute atomic E-state index is 11.3. The molecular weight excluding hydrogens is 276 g/mol. The third-order valence-electron chi connectivity index (χ3n) is 3.11. The lowest BCUT2D eigenvalue weighted by molar-refractivity contribution is 0.0692. The Balaban J connectivity index is 1.73. The van der Waals surface area contributed by atoms with Gasteiger partial charge < -0.3 is 19.3 Å². The molecule has 3 rings (SSSR count). The van der Waals surface area contributed by atoms with E-state index in [2.05, 4.69) is 5.10 Å². The first kappa shape index (κ1) is 13.3. The van der Waals surface area contributed by atoms with Crippen molar-refractivity contribution in [3.8, 4) is 17.2 Å². The van der Waals surface area contributed by atoms with Gasteiger partial charge in [0, 0.05) is 31.8 Å². The zero-order valence-corrected chi connectivity index (χ0v) is 11.4. The Labute approximate surface area is 120 Å². The highest BCUT2D eigenvalue weighted by molar-refractivity contribution is 5.92. The van der Waals surface area contributed by atoms with E-state index >= 15 is 0 Å². The highest BCUT2D eigenvalue weighted by atomic mass is 16.7. The Kier molecular flexibility index (Phi) is 3.39. The molecule has 1 aromatic heterocycles. The molecule has 0 atom stereocenters. The second-order valence-electron chi connectivity index (χ2n) is 4.63. The highest BCUT2D eigenvalue weighted by Gasteiger charge is 2.21. The molecule has 1 N–H and O–H groups in total. The Morgan fingerprint density at radius 2 is 2.19 bits per heavy atom. The van der Waals surface area contributed by atoms with E-state index in [0.717, 1.165) is 5.56 Å². The first-order valence-corrected chi connectivity index (χ1v) is 6.41. The third-order valence-corrected chi connectivity index (χ3v) is 3.11. The minimum Gasteiger partial charge on any atom is -0.492 e. The summed E-state index contributed by atoms with van der Waals surface area (Å²) in [5.41, 5.74) is 1.08. The Bertz CT molecular complexity index is 680. The first-order valence-electron chi connectivity index (χ1n) is 6.41. The number of hydrogen-bond acceptors (Lipinski definition) is 5. The number of aryl methyl sites for hydroxylation is 1. The normalized spacial score (nSPS) is 12.4. The summed E-state index contributed by atoms with van der Waals surface area (Å²) in [5, 5.41) is 13.3. The molecule has 21 heavy (non-hydrogen) atoms. The van der Waals surface area contributed by atoms with Gasteiger partial charge in [-0.05, 0) is 5.56 Å². The largest absolute Gasteiger partial charge is 0.492 e. The van der Waals surface area contributed by atoms with E-state index in [9.17, 15) is 9.90 Å². The monoisotopic (exact) mass is 290 g/mol. The van der Waals surface area contributed by atoms with E-state index in [0.29, 0.717) is 24.5 Å². The van der Waals surface area contributed by atoms with E-state index in [1.165, 1.54) is 6.07 Å². The van der Waals surface area contributed by atoms with Gasteiger partial charge in [-0.15, -0.1) is 0 Å². The molecular formula is C14H14N2O5. The summed E-state index contributed by atoms with van der Waals surface area (Å²) in [6.07, 6.45) is 4.28. The number of rotatable bonds is 5. The van der Waals surface area contributed by atoms with Crippen LogP contribution in [0.5, 0.6) is 17.2 Å². The Hall–Kier alpha value is -2.70. The van der Waals surface area contributed by atoms with Gasteiger partial charge in [-0.3, -0.25) is 4.68 Å². The third kappa shape index (κ3) is 2.76. The summed E-state index contributed by atoms with van der Waals surface area (Å²) in [4.78, 5) is 11.3. The summed E-state index contributed by atoms with van der Waals surface area (Å²) in [7, 11) is 1.84. The molecule has 7 nitrogen and oxygen atoms in total. The van der Waals surface area contributed by atoms with Gasteiger partial charge in [0.15, 0.2) is 11.5 Å². The number of fused-ring (bicyclic) bond motifs is 1. The topological polar surface area (TPSA) is 82.8 Å². The van der Waals surface area contributed by atoms with Crippen molar-refractivity contribution in [2.75, 3.05) is 13.4 Å². The number of aromatic nitrogens is 2. The van der Waals surface area contributed by atoms with Crippen LogP contribution in [0.1, 0.15) is 15.9 Å². The molecule has 0 unspecified atom stereocenters. The van der Waals surface area contributed by atoms with Crippen LogP contribution in [-0.2, 0) is 13.5 Å². The van der Waals surface area contributed by atoms with Gasteiger partial charge in [0.05, 0.1) is 12.8 Å². The smallest absolute Gasteiger partial charge is 0.339 e. The standard InChI is InChI=1S/C14H14N2O5/c1-16-7-9(6-15-16)2-3-19-11-5-13-12(20-8-21-13)4-10(11)14(17)18/h4-7H,2-3,8H2,1H3,(H,17,18). The van der Waals surface area contributed by atoms with Crippen molar-refractivity contribution < 1.29 is 24.1 Å². The van der Waals surface area contributed by atoms with Crippen molar-refractivity contribution in [1.29, 1.82) is 0 Å². The SMILES string of the molecule is Cn1cc(CCOc2cc3c(cc2C(=O)O)OCO3)cn1. The first-order chi connectivity index (χ1) is 10.1. The summed E-state index contributed by atoms with van der Waals surface area (Å²) in [5.74, 6) is 0.128. The van der Waals surface area contributed by atoms with Gasteiger partial charge in [-0.2, -0.15) is 5.10 Å². The fourth-order valence-corrected chi connectivity index (χ4v) is 2.09. The number of ether oxygens (including phenoxy) is 3. The van der Waals surface area contributed by atoms with Crippen LogP contribution >= 0.6 is 0 Å². The van der Waals surface area contributed by atoms with Crippen LogP contribution in [0.15, 0.2) is 24.5 Å². The Morgan fingerprint density at radius 3 is 2.86 bits per heavy atom. The summed E-state index contributed by atoms with van der Waals surface area (Å²) >= 11 is 0. The molecule has 7 heteroatoms. The van der Waals surface area contributed by atoms with Gasteiger partial charge in [0.1, 0.15) is 11.3 Å². The molecule has 2 aromatic rings. The number of carboxylic acids is 1. The maximum Gasteiger partial charge on any atom is 0.339 e. The van der Waals surface area contributed by atoms with Crippen molar-refractivity contribution in [3.63, 3.8) is 0 Å². The molecule has 0 fully saturated rings. The van der Waals surface area contributed by atoms with Gasteiger partial charge >= 0.3 is 5.97 Å². The van der Waals surface area contributed by atoms with Crippen LogP contribution in [0.2, 0.25) is 0 Å². The van der Waals surface area contributed by atoms with Gasteiger partial charge in [0.25, 0.3) is 0 Å². The van der Waals surface area contributed by atoms with Crippen molar-refractivity contribution in [1.82, 2.24) is 9.78 Å². The predicted molar refractivity (Wildman–Crippen MR) is 71.9 cm³/mol. The number of aromatic carboxylic acids is 1. The zero-order chi connectivity index (χ0) is 14.8. The van der Waals surface area contributed by atoms with E-state index < -0.39 is 5.97 Å². The second-order valence-corrected chi connectivity index (χ2v) is 4.63. The van der Waals surface area contributed by atoms with Crippen LogP contribution in [0.25, 0.3) is 0 Å². The Morgan fingerprint density at radius 1 is 1.43 bits per heavy atom. The molecule has 0 radical (unpaired) electrons. The molecule has 1 aliphatic rings. The fourth-order valence-electron chi connectivity index (χ4n) is 2.09. The summed E-state index contributed by atoms with van der Waals surface area (Å²) in [6, 6.07) is 2.97. The van der Waals surface area contributed by atoms with E-state index in [4.69, 9.17) is 14.2 Å². The van der Waals surface area contributed by atoms with Gasteiger partial charge in [-0.25, -0.2) is 4.79 Å². The zero-order valence-electron chi connectivity index (χ0n) is 11.4. The number of carboxylic acid groups (broad SMARTS) is 1. The van der Waals surface area contributed by atoms with E-state index in [-0.39, 0.29) is 18.1 Å². The second kappa shape index (κ2) is 5.35. The van der Waals surface area contributed by atoms with Crippen LogP contribution in [0, 0.1) is 0 Å². The molecule has 110 valence electrons. The molecule has 0 amide bonds. The van der Waals surface area contributed by atoms with Crippen LogP contribution in [0.4, 0.5) is 0 Å². The quantitative estimate of drug-likeness (QED) is 0.897. The molecule has 0 saturated heterocycles. The molecule has 0 aliphatic carbocycles. The van der Waals surface area contributed by atoms with Crippen LogP contribution < -0.4 is 14.2 Å². The van der Waals surface area contributed by atoms with E-state index in [1.54, 1.807) is 16.9 Å². The summed E-state index contributed by atoms with van der Waals surface area (Å²) in [6.45, 7) is 0.444. The predicted octanol–water partition coefficient (Wildman–Crippen LogP) is 1.47. The highest BCUT2D eigenvalue weighted by Crippen LogP contribution is 2.38. The molecule has 0 bridgehead atoms. The molecule has 0 saturated carbocycles. The number of nitrogens with zero attached hydrogens (tertiary/aromatic N) is 2. The lowest BCUT2D eigenvalue weighted by atomic mass is 10.1. The fraction of sp³-hybridized carbons (Fsp3) is 0.286. The van der Waals surface area contributed by atoms with Crippen molar-refractivity contribution in [3.05, 3.63) is 35.7 Å². The lowest BCUT2D eigenvalue weighted by Crippen LogP contribution is -2.06. The maximum atomic E-state index is 11.3. The van der Waals surface area contributed by atoms with Crippen molar-refractivity contribution >= 4 is 5.97 Å². The molecule has 2 heterocycles. The molecule has 1 aromatic carbocycles. The van der Waals surface area contributed by atoms with Crippen molar-refractivity contribution in [2.45, 2.75) is 6.42 Å². The lowest BCUT2D eigenvalue weighted by Gasteiger charge is -2.09. The van der Waals surface area contributed by atoms with Gasteiger partial charge in [0.2, 0.25) is 6.79 Å². The average molecular weight is 290 g/mol. The molecule has 0 spiro atoms. The van der Waals surface area contributed by atoms with Crippen LogP contribution in [0.3, 0.4) is 0 Å². The summed E-state index contributed by atoms with van der Waals surface area (Å²) < 4.78 is 17.7. The van der Waals surface area contributed by atoms with E-state index in [1.807, 2.05) is 13.2 Å². The number of carbonyl (C=O) groups is 1. The number of hydrogen-bond donors (Lipinski definition) is 1. The van der Waals surface area contributed by atoms with Gasteiger partial charge in [-0.1, -0.05) is 0 Å². The average Bonchev–Trinajstić information content (AvgIpc) is 3.06. The minimum absolute atomic E-state index is 0.0606. The molecule has 1 aliphatic heterocycles. The minimum atomic E-state index is -1.07. The number of benzene rings is 1. The van der Waals surface area contributed by atoms with Crippen LogP contribution in [-0.4, -0.2) is 34.3 Å². The van der Waals surface area contributed by atoms with Crippen molar-refractivity contribution in [2.24, 2.45) is 7.05 Å².